The maximum absolute atomic E-state index is 14.7. The third kappa shape index (κ3) is 17.2. The molecule has 4 rings (SSSR count). The molecule has 1 N–H and O–H groups in total. The van der Waals surface area contributed by atoms with E-state index in [1.807, 2.05) is 97.9 Å². The Kier molecular flexibility index (Phi) is 25.2. The number of benzene rings is 2. The standard InChI is InChI=1S/C60H88N4O12/c1-13-40(6)56(51(74-11)36-54(70)63-32-20-24-48(63)58(75-12)42(8)49(66)33-41(7)57(71)45-21-16-14-17-22-45)61(9)59(72)47(38(2)3)35-50(67)55(39(4)5)62(10)60(73)76-37-44-27-25-43(26-28-44)34-46(65)23-18-15-19-31-64-52(68)29-30-53(64)69/h14,16-17,21-22,25-30,38-42,47-48,51,55-58,71H,13,15,18-20,23-24,31-37H2,1-12H3/t40-,41-,42-,47-,48-,51+,55-,56-,57+,58+/m0/s1. The number of nitrogens with zero attached hydrogens (tertiary/aromatic N) is 4. The molecule has 5 amide bonds. The Morgan fingerprint density at radius 1 is 0.737 bits per heavy atom. The summed E-state index contributed by atoms with van der Waals surface area (Å²) in [6.07, 6.45) is 4.47. The molecule has 76 heavy (non-hydrogen) atoms. The van der Waals surface area contributed by atoms with Gasteiger partial charge in [-0.25, -0.2) is 4.79 Å². The maximum atomic E-state index is 14.7. The third-order valence-corrected chi connectivity index (χ3v) is 15.8. The fraction of sp³-hybridized carbons (Fsp3) is 0.633. The lowest BCUT2D eigenvalue weighted by Crippen LogP contribution is -2.54. The summed E-state index contributed by atoms with van der Waals surface area (Å²) in [5.74, 6) is -3.57. The van der Waals surface area contributed by atoms with Crippen molar-refractivity contribution in [2.45, 2.75) is 169 Å². The zero-order valence-electron chi connectivity index (χ0n) is 47.4. The number of carbonyl (C=O) groups is 8. The second-order valence-corrected chi connectivity index (χ2v) is 22.0. The maximum Gasteiger partial charge on any atom is 0.410 e. The second-order valence-electron chi connectivity index (χ2n) is 22.0. The first-order valence-electron chi connectivity index (χ1n) is 27.5. The van der Waals surface area contributed by atoms with Crippen molar-refractivity contribution in [3.05, 3.63) is 83.4 Å². The van der Waals surface area contributed by atoms with Gasteiger partial charge in [-0.2, -0.15) is 0 Å². The van der Waals surface area contributed by atoms with Crippen molar-refractivity contribution in [2.75, 3.05) is 41.4 Å². The first kappa shape index (κ1) is 63.0. The van der Waals surface area contributed by atoms with Crippen molar-refractivity contribution in [3.8, 4) is 0 Å². The molecule has 0 radical (unpaired) electrons. The molecule has 16 heteroatoms. The number of aliphatic hydroxyl groups excluding tert-OH is 1. The van der Waals surface area contributed by atoms with Gasteiger partial charge in [-0.3, -0.25) is 38.5 Å². The number of likely N-dealkylation sites (N-methyl/N-ethyl adjacent to an activating group) is 2. The van der Waals surface area contributed by atoms with Crippen molar-refractivity contribution in [1.82, 2.24) is 19.6 Å². The number of hydrogen-bond donors (Lipinski definition) is 1. The summed E-state index contributed by atoms with van der Waals surface area (Å²) >= 11 is 0. The van der Waals surface area contributed by atoms with Gasteiger partial charge in [0.1, 0.15) is 18.2 Å². The van der Waals surface area contributed by atoms with E-state index in [1.54, 1.807) is 43.2 Å². The molecular weight excluding hydrogens is 969 g/mol. The van der Waals surface area contributed by atoms with E-state index in [0.29, 0.717) is 57.2 Å². The number of rotatable bonds is 32. The molecule has 10 atom stereocenters. The second kappa shape index (κ2) is 30.4. The zero-order chi connectivity index (χ0) is 56.4. The lowest BCUT2D eigenvalue weighted by Gasteiger charge is -2.41. The van der Waals surface area contributed by atoms with Crippen LogP contribution in [0, 0.1) is 35.5 Å². The summed E-state index contributed by atoms with van der Waals surface area (Å²) < 4.78 is 17.8. The van der Waals surface area contributed by atoms with E-state index in [1.165, 1.54) is 29.0 Å². The van der Waals surface area contributed by atoms with Gasteiger partial charge in [0.25, 0.3) is 11.8 Å². The summed E-state index contributed by atoms with van der Waals surface area (Å²) in [6, 6.07) is 14.7. The Balaban J connectivity index is 1.35. The van der Waals surface area contributed by atoms with Crippen LogP contribution in [0.3, 0.4) is 0 Å². The lowest BCUT2D eigenvalue weighted by atomic mass is 9.83. The van der Waals surface area contributed by atoms with E-state index in [0.717, 1.165) is 17.5 Å². The number of unbranched alkanes of at least 4 members (excludes halogenated alkanes) is 2. The van der Waals surface area contributed by atoms with E-state index in [4.69, 9.17) is 14.2 Å². The van der Waals surface area contributed by atoms with Crippen LogP contribution in [0.5, 0.6) is 0 Å². The highest BCUT2D eigenvalue weighted by atomic mass is 16.6. The van der Waals surface area contributed by atoms with Crippen LogP contribution in [0.2, 0.25) is 0 Å². The molecule has 0 spiro atoms. The highest BCUT2D eigenvalue weighted by Crippen LogP contribution is 2.33. The summed E-state index contributed by atoms with van der Waals surface area (Å²) in [7, 11) is 6.34. The van der Waals surface area contributed by atoms with Crippen LogP contribution in [0.15, 0.2) is 66.7 Å². The number of likely N-dealkylation sites (tertiary alicyclic amines) is 1. The number of aliphatic hydroxyl groups is 1. The van der Waals surface area contributed by atoms with Crippen LogP contribution in [-0.2, 0) is 60.8 Å². The fourth-order valence-corrected chi connectivity index (χ4v) is 11.0. The van der Waals surface area contributed by atoms with Crippen LogP contribution in [0.4, 0.5) is 4.79 Å². The van der Waals surface area contributed by atoms with Crippen molar-refractivity contribution in [3.63, 3.8) is 0 Å². The zero-order valence-corrected chi connectivity index (χ0v) is 47.4. The number of methoxy groups -OCH3 is 2. The molecule has 0 aliphatic carbocycles. The number of Topliss-reactive ketones (excluding diaryl/α,β-unsaturated/α-hetero) is 3. The van der Waals surface area contributed by atoms with E-state index in [-0.39, 0.29) is 103 Å². The number of hydrogen-bond acceptors (Lipinski definition) is 12. The molecule has 1 fully saturated rings. The molecule has 2 aromatic rings. The summed E-state index contributed by atoms with van der Waals surface area (Å²) in [6.45, 7) is 16.0. The number of ketones is 3. The molecule has 420 valence electrons. The van der Waals surface area contributed by atoms with Gasteiger partial charge in [0.15, 0.2) is 5.78 Å². The van der Waals surface area contributed by atoms with Crippen LogP contribution < -0.4 is 0 Å². The molecule has 0 bridgehead atoms. The molecular formula is C60H88N4O12. The first-order valence-corrected chi connectivity index (χ1v) is 27.5. The van der Waals surface area contributed by atoms with Crippen LogP contribution in [0.25, 0.3) is 0 Å². The molecule has 2 aliphatic rings. The van der Waals surface area contributed by atoms with Crippen molar-refractivity contribution >= 4 is 47.1 Å². The molecule has 16 nitrogen and oxygen atoms in total. The van der Waals surface area contributed by atoms with Gasteiger partial charge in [-0.05, 0) is 66.0 Å². The average Bonchev–Trinajstić information content (AvgIpc) is 4.01. The molecule has 0 aromatic heterocycles. The topological polar surface area (TPSA) is 197 Å². The normalized spacial score (nSPS) is 18.2. The average molecular weight is 1060 g/mol. The SMILES string of the molecule is CC[C@H](C)[C@@H]([C@@H](CC(=O)N1CCC[C@H]1[C@H](OC)[C@@H](C)C(=O)C[C@H](C)[C@@H](O)c1ccccc1)OC)N(C)C(=O)[C@@H](CC(=O)[C@H](C(C)C)N(C)C(=O)OCc1ccc(CC(=O)CCCCCN2C(=O)C=CC2=O)cc1)C(C)C. The monoisotopic (exact) mass is 1060 g/mol. The first-order chi connectivity index (χ1) is 36.1. The van der Waals surface area contributed by atoms with Crippen molar-refractivity contribution in [2.24, 2.45) is 35.5 Å². The van der Waals surface area contributed by atoms with Crippen LogP contribution in [-0.4, -0.2) is 144 Å². The molecule has 2 heterocycles. The van der Waals surface area contributed by atoms with Gasteiger partial charge in [-0.1, -0.05) is 123 Å². The Morgan fingerprint density at radius 3 is 1.95 bits per heavy atom. The molecule has 0 saturated carbocycles. The van der Waals surface area contributed by atoms with Gasteiger partial charge in [0, 0.05) is 91.1 Å². The minimum absolute atomic E-state index is 0.0216. The third-order valence-electron chi connectivity index (χ3n) is 15.8. The molecule has 0 unspecified atom stereocenters. The Morgan fingerprint density at radius 2 is 1.37 bits per heavy atom. The highest BCUT2D eigenvalue weighted by molar-refractivity contribution is 6.12. The van der Waals surface area contributed by atoms with E-state index in [9.17, 15) is 43.5 Å². The minimum Gasteiger partial charge on any atom is -0.445 e. The van der Waals surface area contributed by atoms with Gasteiger partial charge in [0.2, 0.25) is 11.8 Å². The number of ether oxygens (including phenoxy) is 3. The minimum atomic E-state index is -0.885. The molecule has 2 aromatic carbocycles. The summed E-state index contributed by atoms with van der Waals surface area (Å²) in [5.41, 5.74) is 2.27. The number of amides is 5. The van der Waals surface area contributed by atoms with Gasteiger partial charge < -0.3 is 34.0 Å². The van der Waals surface area contributed by atoms with Gasteiger partial charge in [-0.15, -0.1) is 0 Å². The fourth-order valence-electron chi connectivity index (χ4n) is 11.0. The number of imide groups is 1. The Hall–Kier alpha value is -5.58. The van der Waals surface area contributed by atoms with Crippen molar-refractivity contribution in [1.29, 1.82) is 0 Å². The Labute approximate surface area is 452 Å². The van der Waals surface area contributed by atoms with E-state index in [2.05, 4.69) is 0 Å². The van der Waals surface area contributed by atoms with E-state index >= 15 is 0 Å². The smallest absolute Gasteiger partial charge is 0.410 e. The van der Waals surface area contributed by atoms with Crippen LogP contribution in [0.1, 0.15) is 142 Å². The predicted molar refractivity (Wildman–Crippen MR) is 290 cm³/mol. The lowest BCUT2D eigenvalue weighted by molar-refractivity contribution is -0.149. The summed E-state index contributed by atoms with van der Waals surface area (Å²) in [5, 5.41) is 11.0. The van der Waals surface area contributed by atoms with Gasteiger partial charge >= 0.3 is 6.09 Å². The van der Waals surface area contributed by atoms with Gasteiger partial charge in [0.05, 0.1) is 42.9 Å². The molecule has 2 aliphatic heterocycles. The largest absolute Gasteiger partial charge is 0.445 e. The predicted octanol–water partition coefficient (Wildman–Crippen LogP) is 8.36. The number of carbonyl (C=O) groups excluding carboxylic acids is 8. The van der Waals surface area contributed by atoms with Crippen LogP contribution >= 0.6 is 0 Å². The molecule has 1 saturated heterocycles. The highest BCUT2D eigenvalue weighted by Gasteiger charge is 2.44. The quantitative estimate of drug-likeness (QED) is 0.0544. The Bertz CT molecular complexity index is 2270. The van der Waals surface area contributed by atoms with Crippen molar-refractivity contribution < 1.29 is 57.7 Å². The van der Waals surface area contributed by atoms with E-state index < -0.39 is 48.3 Å². The summed E-state index contributed by atoms with van der Waals surface area (Å²) in [4.78, 5) is 113.